The molecule has 0 aliphatic carbocycles. The van der Waals surface area contributed by atoms with Gasteiger partial charge in [-0.05, 0) is 0 Å². The molecule has 0 radical (unpaired) electrons. The first kappa shape index (κ1) is 12.9. The van der Waals surface area contributed by atoms with Crippen molar-refractivity contribution in [3.05, 3.63) is 0 Å². The number of esters is 2. The molecular formula is C9H13FO6. The normalized spacial score (nSPS) is 34.2. The molecule has 1 aliphatic rings. The summed E-state index contributed by atoms with van der Waals surface area (Å²) in [4.78, 5) is 21.5. The molecule has 92 valence electrons. The fraction of sp³-hybridized carbons (Fsp3) is 0.778. The van der Waals surface area contributed by atoms with Crippen molar-refractivity contribution in [2.75, 3.05) is 6.61 Å². The van der Waals surface area contributed by atoms with Crippen molar-refractivity contribution in [2.45, 2.75) is 38.5 Å². The molecule has 0 amide bonds. The van der Waals surface area contributed by atoms with Gasteiger partial charge in [0.1, 0.15) is 0 Å². The summed E-state index contributed by atoms with van der Waals surface area (Å²) < 4.78 is 27.5. The van der Waals surface area contributed by atoms with Crippen LogP contribution >= 0.6 is 0 Å². The second-order valence-corrected chi connectivity index (χ2v) is 3.39. The Morgan fingerprint density at radius 2 is 1.88 bits per heavy atom. The Balaban J connectivity index is 2.72. The van der Waals surface area contributed by atoms with Gasteiger partial charge in [0, 0.05) is 13.8 Å². The van der Waals surface area contributed by atoms with E-state index >= 15 is 0 Å². The van der Waals surface area contributed by atoms with Crippen LogP contribution in [0.3, 0.4) is 0 Å². The van der Waals surface area contributed by atoms with Gasteiger partial charge in [-0.2, -0.15) is 0 Å². The zero-order valence-corrected chi connectivity index (χ0v) is 8.88. The average molecular weight is 236 g/mol. The molecule has 1 aliphatic heterocycles. The Morgan fingerprint density at radius 1 is 1.31 bits per heavy atom. The lowest BCUT2D eigenvalue weighted by Crippen LogP contribution is -2.54. The number of ether oxygens (including phenoxy) is 3. The van der Waals surface area contributed by atoms with Crippen LogP contribution in [-0.4, -0.2) is 48.3 Å². The van der Waals surface area contributed by atoms with Crippen LogP contribution in [-0.2, 0) is 23.8 Å². The largest absolute Gasteiger partial charge is 0.456 e. The highest BCUT2D eigenvalue weighted by atomic mass is 19.1. The smallest absolute Gasteiger partial charge is 0.303 e. The number of halogens is 1. The van der Waals surface area contributed by atoms with Gasteiger partial charge in [0.15, 0.2) is 24.7 Å². The maximum absolute atomic E-state index is 13.5. The Bertz CT molecular complexity index is 281. The number of hydrogen-bond donors (Lipinski definition) is 1. The molecule has 0 aromatic rings. The van der Waals surface area contributed by atoms with Crippen molar-refractivity contribution < 1.29 is 33.3 Å². The van der Waals surface area contributed by atoms with E-state index in [4.69, 9.17) is 9.84 Å². The lowest BCUT2D eigenvalue weighted by Gasteiger charge is -2.35. The van der Waals surface area contributed by atoms with Crippen molar-refractivity contribution in [1.29, 1.82) is 0 Å². The van der Waals surface area contributed by atoms with Gasteiger partial charge in [-0.1, -0.05) is 0 Å². The summed E-state index contributed by atoms with van der Waals surface area (Å²) in [6, 6.07) is 0. The van der Waals surface area contributed by atoms with Crippen LogP contribution < -0.4 is 0 Å². The molecule has 1 fully saturated rings. The number of carbonyl (C=O) groups is 2. The number of hydrogen-bond acceptors (Lipinski definition) is 6. The van der Waals surface area contributed by atoms with Crippen molar-refractivity contribution in [3.8, 4) is 0 Å². The zero-order chi connectivity index (χ0) is 12.3. The molecule has 1 heterocycles. The number of rotatable bonds is 2. The van der Waals surface area contributed by atoms with E-state index in [2.05, 4.69) is 9.47 Å². The van der Waals surface area contributed by atoms with E-state index in [0.717, 1.165) is 13.8 Å². The summed E-state index contributed by atoms with van der Waals surface area (Å²) in [5, 5.41) is 9.08. The van der Waals surface area contributed by atoms with Crippen molar-refractivity contribution in [1.82, 2.24) is 0 Å². The molecule has 1 rings (SSSR count). The summed E-state index contributed by atoms with van der Waals surface area (Å²) in [7, 11) is 0. The standard InChI is InChI=1S/C9H13FO6/c1-4(11)15-6-3-14-9(13)7(10)8(6)16-5(2)12/h6-9,13H,3H2,1-2H3/t6-,7-,8-,9+/m1/s1. The average Bonchev–Trinajstić information content (AvgIpc) is 2.16. The van der Waals surface area contributed by atoms with E-state index in [1.807, 2.05) is 0 Å². The minimum atomic E-state index is -1.94. The molecule has 1 N–H and O–H groups in total. The summed E-state index contributed by atoms with van der Waals surface area (Å²) in [5.74, 6) is -1.37. The zero-order valence-electron chi connectivity index (χ0n) is 8.88. The molecule has 0 bridgehead atoms. The van der Waals surface area contributed by atoms with Gasteiger partial charge in [-0.3, -0.25) is 9.59 Å². The predicted molar refractivity (Wildman–Crippen MR) is 48.0 cm³/mol. The first-order valence-electron chi connectivity index (χ1n) is 4.70. The molecule has 6 nitrogen and oxygen atoms in total. The minimum absolute atomic E-state index is 0.223. The van der Waals surface area contributed by atoms with Gasteiger partial charge in [0.25, 0.3) is 0 Å². The quantitative estimate of drug-likeness (QED) is 0.653. The molecule has 16 heavy (non-hydrogen) atoms. The third-order valence-electron chi connectivity index (χ3n) is 2.00. The van der Waals surface area contributed by atoms with Crippen LogP contribution in [0.4, 0.5) is 4.39 Å². The number of carbonyl (C=O) groups excluding carboxylic acids is 2. The summed E-state index contributed by atoms with van der Waals surface area (Å²) in [6.45, 7) is 2.02. The Labute approximate surface area is 91.3 Å². The maximum atomic E-state index is 13.5. The van der Waals surface area contributed by atoms with Crippen LogP contribution in [0.25, 0.3) is 0 Å². The predicted octanol–water partition coefficient (Wildman–Crippen LogP) is -0.464. The first-order chi connectivity index (χ1) is 7.41. The SMILES string of the molecule is CC(=O)O[C@H]1[C@@H](F)[C@@H](O)OC[C@H]1OC(C)=O. The Hall–Kier alpha value is -1.21. The molecule has 7 heteroatoms. The fourth-order valence-corrected chi connectivity index (χ4v) is 1.39. The molecule has 0 saturated carbocycles. The highest BCUT2D eigenvalue weighted by Crippen LogP contribution is 2.22. The second-order valence-electron chi connectivity index (χ2n) is 3.39. The minimum Gasteiger partial charge on any atom is -0.456 e. The van der Waals surface area contributed by atoms with Crippen LogP contribution in [0.5, 0.6) is 0 Å². The van der Waals surface area contributed by atoms with Gasteiger partial charge in [0.05, 0.1) is 6.61 Å². The van der Waals surface area contributed by atoms with Crippen molar-refractivity contribution in [2.24, 2.45) is 0 Å². The van der Waals surface area contributed by atoms with E-state index in [1.54, 1.807) is 0 Å². The van der Waals surface area contributed by atoms with Gasteiger partial charge in [-0.25, -0.2) is 4.39 Å². The van der Waals surface area contributed by atoms with Crippen LogP contribution in [0.15, 0.2) is 0 Å². The third-order valence-corrected chi connectivity index (χ3v) is 2.00. The molecule has 0 unspecified atom stereocenters. The topological polar surface area (TPSA) is 82.1 Å². The Kier molecular flexibility index (Phi) is 4.19. The number of aliphatic hydroxyl groups excluding tert-OH is 1. The van der Waals surface area contributed by atoms with Crippen molar-refractivity contribution >= 4 is 11.9 Å². The highest BCUT2D eigenvalue weighted by molar-refractivity contribution is 5.67. The fourth-order valence-electron chi connectivity index (χ4n) is 1.39. The summed E-state index contributed by atoms with van der Waals surface area (Å²) >= 11 is 0. The van der Waals surface area contributed by atoms with Crippen molar-refractivity contribution in [3.63, 3.8) is 0 Å². The van der Waals surface area contributed by atoms with Gasteiger partial charge < -0.3 is 19.3 Å². The van der Waals surface area contributed by atoms with Gasteiger partial charge in [0.2, 0.25) is 0 Å². The monoisotopic (exact) mass is 236 g/mol. The molecule has 0 aromatic heterocycles. The molecule has 0 aromatic carbocycles. The lowest BCUT2D eigenvalue weighted by atomic mass is 10.1. The van der Waals surface area contributed by atoms with E-state index in [0.29, 0.717) is 0 Å². The van der Waals surface area contributed by atoms with E-state index in [9.17, 15) is 14.0 Å². The Morgan fingerprint density at radius 3 is 2.38 bits per heavy atom. The highest BCUT2D eigenvalue weighted by Gasteiger charge is 2.44. The second kappa shape index (κ2) is 5.22. The molecular weight excluding hydrogens is 223 g/mol. The van der Waals surface area contributed by atoms with Crippen LogP contribution in [0.2, 0.25) is 0 Å². The number of alkyl halides is 1. The maximum Gasteiger partial charge on any atom is 0.303 e. The van der Waals surface area contributed by atoms with E-state index < -0.39 is 36.6 Å². The summed E-state index contributed by atoms with van der Waals surface area (Å²) in [5.41, 5.74) is 0. The van der Waals surface area contributed by atoms with Crippen LogP contribution in [0, 0.1) is 0 Å². The van der Waals surface area contributed by atoms with Crippen LogP contribution in [0.1, 0.15) is 13.8 Å². The summed E-state index contributed by atoms with van der Waals surface area (Å²) in [6.07, 6.45) is -6.01. The molecule has 4 atom stereocenters. The van der Waals surface area contributed by atoms with E-state index in [-0.39, 0.29) is 6.61 Å². The van der Waals surface area contributed by atoms with Gasteiger partial charge >= 0.3 is 11.9 Å². The van der Waals surface area contributed by atoms with Gasteiger partial charge in [-0.15, -0.1) is 0 Å². The molecule has 0 spiro atoms. The first-order valence-corrected chi connectivity index (χ1v) is 4.70. The number of aliphatic hydroxyl groups is 1. The third kappa shape index (κ3) is 3.14. The van der Waals surface area contributed by atoms with E-state index in [1.165, 1.54) is 0 Å². The molecule has 1 saturated heterocycles. The lowest BCUT2D eigenvalue weighted by molar-refractivity contribution is -0.246.